The molecule has 0 saturated heterocycles. The summed E-state index contributed by atoms with van der Waals surface area (Å²) in [5, 5.41) is 0.811. The smallest absolute Gasteiger partial charge is 0.129 e. The van der Waals surface area contributed by atoms with Gasteiger partial charge in [0, 0.05) is 27.2 Å². The highest BCUT2D eigenvalue weighted by atomic mass is 79.9. The van der Waals surface area contributed by atoms with Gasteiger partial charge in [0.05, 0.1) is 0 Å². The quantitative estimate of drug-likeness (QED) is 0.920. The van der Waals surface area contributed by atoms with E-state index in [9.17, 15) is 4.39 Å². The molecule has 5 heteroatoms. The third-order valence-corrected chi connectivity index (χ3v) is 3.88. The molecule has 0 aliphatic heterocycles. The predicted octanol–water partition coefficient (Wildman–Crippen LogP) is 4.15. The molecule has 0 unspecified atom stereocenters. The molecule has 0 radical (unpaired) electrons. The number of aromatic nitrogens is 1. The Labute approximate surface area is 118 Å². The van der Waals surface area contributed by atoms with E-state index >= 15 is 0 Å². The minimum Gasteiger partial charge on any atom is -0.324 e. The molecular weight excluding hydrogens is 315 g/mol. The highest BCUT2D eigenvalue weighted by Crippen LogP contribution is 2.33. The van der Waals surface area contributed by atoms with Crippen LogP contribution in [0.25, 0.3) is 0 Å². The van der Waals surface area contributed by atoms with Crippen LogP contribution in [0, 0.1) is 5.82 Å². The second kappa shape index (κ2) is 5.82. The van der Waals surface area contributed by atoms with Crippen molar-refractivity contribution in [3.05, 3.63) is 52.4 Å². The fraction of sp³-hybridized carbons (Fsp3) is 0.154. The van der Waals surface area contributed by atoms with Gasteiger partial charge in [-0.15, -0.1) is 0 Å². The van der Waals surface area contributed by atoms with Crippen molar-refractivity contribution in [2.24, 2.45) is 5.73 Å². The third-order valence-electron chi connectivity index (χ3n) is 2.38. The van der Waals surface area contributed by atoms with Gasteiger partial charge in [0.15, 0.2) is 0 Å². The van der Waals surface area contributed by atoms with Crippen LogP contribution >= 0.6 is 27.7 Å². The van der Waals surface area contributed by atoms with Gasteiger partial charge in [0.1, 0.15) is 10.8 Å². The van der Waals surface area contributed by atoms with Crippen LogP contribution in [-0.2, 0) is 0 Å². The van der Waals surface area contributed by atoms with Crippen molar-refractivity contribution in [3.8, 4) is 0 Å². The van der Waals surface area contributed by atoms with Crippen LogP contribution in [0.15, 0.2) is 50.9 Å². The third kappa shape index (κ3) is 3.10. The van der Waals surface area contributed by atoms with Crippen molar-refractivity contribution in [3.63, 3.8) is 0 Å². The molecule has 1 aromatic heterocycles. The van der Waals surface area contributed by atoms with E-state index < -0.39 is 0 Å². The summed E-state index contributed by atoms with van der Waals surface area (Å²) in [6, 6.07) is 8.41. The Morgan fingerprint density at radius 1 is 1.33 bits per heavy atom. The van der Waals surface area contributed by atoms with Crippen LogP contribution in [0.3, 0.4) is 0 Å². The van der Waals surface area contributed by atoms with E-state index in [4.69, 9.17) is 5.73 Å². The van der Waals surface area contributed by atoms with Gasteiger partial charge in [-0.05, 0) is 47.1 Å². The molecule has 0 fully saturated rings. The number of nitrogens with two attached hydrogens (primary N) is 1. The largest absolute Gasteiger partial charge is 0.324 e. The SMILES string of the molecule is C[C@H](N)c1c(F)cccc1Sc1ccc(Br)cn1. The normalized spacial score (nSPS) is 12.4. The van der Waals surface area contributed by atoms with Crippen molar-refractivity contribution in [2.45, 2.75) is 22.9 Å². The van der Waals surface area contributed by atoms with Crippen molar-refractivity contribution < 1.29 is 4.39 Å². The number of halogens is 2. The van der Waals surface area contributed by atoms with Gasteiger partial charge in [-0.3, -0.25) is 0 Å². The van der Waals surface area contributed by atoms with Gasteiger partial charge in [0.25, 0.3) is 0 Å². The highest BCUT2D eigenvalue weighted by molar-refractivity contribution is 9.10. The molecule has 1 heterocycles. The van der Waals surface area contributed by atoms with Gasteiger partial charge >= 0.3 is 0 Å². The molecule has 0 saturated carbocycles. The molecule has 2 aromatic rings. The zero-order chi connectivity index (χ0) is 13.1. The molecule has 2 N–H and O–H groups in total. The second-order valence-corrected chi connectivity index (χ2v) is 5.83. The topological polar surface area (TPSA) is 38.9 Å². The van der Waals surface area contributed by atoms with Crippen molar-refractivity contribution in [2.75, 3.05) is 0 Å². The average molecular weight is 327 g/mol. The number of rotatable bonds is 3. The lowest BCUT2D eigenvalue weighted by atomic mass is 10.1. The van der Waals surface area contributed by atoms with E-state index in [-0.39, 0.29) is 11.9 Å². The molecule has 94 valence electrons. The molecule has 18 heavy (non-hydrogen) atoms. The lowest BCUT2D eigenvalue weighted by Crippen LogP contribution is -2.08. The van der Waals surface area contributed by atoms with E-state index in [2.05, 4.69) is 20.9 Å². The summed E-state index contributed by atoms with van der Waals surface area (Å²) in [5.74, 6) is -0.271. The maximum absolute atomic E-state index is 13.7. The minimum absolute atomic E-state index is 0.271. The average Bonchev–Trinajstić information content (AvgIpc) is 2.32. The van der Waals surface area contributed by atoms with Crippen LogP contribution < -0.4 is 5.73 Å². The Hall–Kier alpha value is -0.910. The first-order valence-electron chi connectivity index (χ1n) is 5.41. The first-order valence-corrected chi connectivity index (χ1v) is 7.02. The van der Waals surface area contributed by atoms with Gasteiger partial charge in [0.2, 0.25) is 0 Å². The van der Waals surface area contributed by atoms with Gasteiger partial charge < -0.3 is 5.73 Å². The Morgan fingerprint density at radius 2 is 2.11 bits per heavy atom. The summed E-state index contributed by atoms with van der Waals surface area (Å²) in [7, 11) is 0. The Morgan fingerprint density at radius 3 is 2.72 bits per heavy atom. The molecule has 1 aromatic carbocycles. The van der Waals surface area contributed by atoms with E-state index in [0.717, 1.165) is 14.4 Å². The zero-order valence-electron chi connectivity index (χ0n) is 9.73. The minimum atomic E-state index is -0.343. The highest BCUT2D eigenvalue weighted by Gasteiger charge is 2.13. The summed E-state index contributed by atoms with van der Waals surface area (Å²) in [5.41, 5.74) is 6.35. The summed E-state index contributed by atoms with van der Waals surface area (Å²) < 4.78 is 14.7. The molecule has 2 rings (SSSR count). The van der Waals surface area contributed by atoms with Crippen molar-refractivity contribution in [1.29, 1.82) is 0 Å². The van der Waals surface area contributed by atoms with E-state index in [1.807, 2.05) is 18.2 Å². The molecule has 0 aliphatic carbocycles. The number of hydrogen-bond acceptors (Lipinski definition) is 3. The van der Waals surface area contributed by atoms with Gasteiger partial charge in [-0.25, -0.2) is 9.37 Å². The Kier molecular flexibility index (Phi) is 4.37. The predicted molar refractivity (Wildman–Crippen MR) is 75.1 cm³/mol. The maximum Gasteiger partial charge on any atom is 0.129 e. The summed E-state index contributed by atoms with van der Waals surface area (Å²) >= 11 is 4.74. The summed E-state index contributed by atoms with van der Waals surface area (Å²) in [4.78, 5) is 5.06. The van der Waals surface area contributed by atoms with Gasteiger partial charge in [-0.2, -0.15) is 0 Å². The monoisotopic (exact) mass is 326 g/mol. The van der Waals surface area contributed by atoms with Crippen LogP contribution in [0.5, 0.6) is 0 Å². The van der Waals surface area contributed by atoms with E-state index in [0.29, 0.717) is 5.56 Å². The molecule has 0 aliphatic rings. The summed E-state index contributed by atoms with van der Waals surface area (Å²) in [6.07, 6.45) is 1.72. The number of benzene rings is 1. The molecule has 2 nitrogen and oxygen atoms in total. The number of hydrogen-bond donors (Lipinski definition) is 1. The molecule has 1 atom stereocenters. The molecule has 0 bridgehead atoms. The van der Waals surface area contributed by atoms with Gasteiger partial charge in [-0.1, -0.05) is 17.8 Å². The van der Waals surface area contributed by atoms with E-state index in [1.165, 1.54) is 17.8 Å². The summed E-state index contributed by atoms with van der Waals surface area (Å²) in [6.45, 7) is 1.78. The lowest BCUT2D eigenvalue weighted by molar-refractivity contribution is 0.585. The second-order valence-electron chi connectivity index (χ2n) is 3.86. The lowest BCUT2D eigenvalue weighted by Gasteiger charge is -2.12. The van der Waals surface area contributed by atoms with Crippen LogP contribution in [0.2, 0.25) is 0 Å². The van der Waals surface area contributed by atoms with E-state index in [1.54, 1.807) is 19.2 Å². The Bertz CT molecular complexity index is 543. The van der Waals surface area contributed by atoms with Crippen molar-refractivity contribution in [1.82, 2.24) is 4.98 Å². The number of pyridine rings is 1. The van der Waals surface area contributed by atoms with Crippen LogP contribution in [0.1, 0.15) is 18.5 Å². The zero-order valence-corrected chi connectivity index (χ0v) is 12.1. The standard InChI is InChI=1S/C13H12BrFN2S/c1-8(16)13-10(15)3-2-4-11(13)18-12-6-5-9(14)7-17-12/h2-8H,16H2,1H3/t8-/m0/s1. The molecular formula is C13H12BrFN2S. The fourth-order valence-electron chi connectivity index (χ4n) is 1.58. The van der Waals surface area contributed by atoms with Crippen LogP contribution in [0.4, 0.5) is 4.39 Å². The first-order chi connectivity index (χ1) is 8.58. The first kappa shape index (κ1) is 13.5. The maximum atomic E-state index is 13.7. The number of nitrogens with zero attached hydrogens (tertiary/aromatic N) is 1. The molecule has 0 amide bonds. The van der Waals surface area contributed by atoms with Crippen molar-refractivity contribution >= 4 is 27.7 Å². The van der Waals surface area contributed by atoms with Crippen LogP contribution in [-0.4, -0.2) is 4.98 Å². The fourth-order valence-corrected chi connectivity index (χ4v) is 2.82. The molecule has 0 spiro atoms. The Balaban J connectivity index is 2.34.